The zero-order chi connectivity index (χ0) is 12.1. The molecule has 0 radical (unpaired) electrons. The minimum atomic E-state index is -0.916. The van der Waals surface area contributed by atoms with Crippen molar-refractivity contribution in [3.63, 3.8) is 0 Å². The summed E-state index contributed by atoms with van der Waals surface area (Å²) in [5.74, 6) is 0. The minimum Gasteiger partial charge on any atom is -0.395 e. The maximum absolute atomic E-state index is 8.72. The van der Waals surface area contributed by atoms with Gasteiger partial charge in [0.25, 0.3) is 0 Å². The monoisotopic (exact) mass is 227 g/mol. The largest absolute Gasteiger partial charge is 0.395 e. The van der Waals surface area contributed by atoms with Gasteiger partial charge in [0.05, 0.1) is 33.0 Å². The van der Waals surface area contributed by atoms with E-state index in [1.54, 1.807) is 0 Å². The average Bonchev–Trinajstić information content (AvgIpc) is 2.28. The van der Waals surface area contributed by atoms with Gasteiger partial charge in [-0.15, -0.1) is 0 Å². The molecule has 7 nitrogen and oxygen atoms in total. The fraction of sp³-hybridized carbons (Fsp3) is 1.00. The van der Waals surface area contributed by atoms with Crippen molar-refractivity contribution in [2.45, 2.75) is 12.2 Å². The highest BCUT2D eigenvalue weighted by molar-refractivity contribution is 4.52. The summed E-state index contributed by atoms with van der Waals surface area (Å²) in [6.45, 7) is -0.328. The van der Waals surface area contributed by atoms with Crippen LogP contribution in [0.1, 0.15) is 0 Å². The number of hydrogen-bond acceptors (Lipinski definition) is 7. The van der Waals surface area contributed by atoms with Gasteiger partial charge < -0.3 is 36.0 Å². The Morgan fingerprint density at radius 1 is 0.933 bits per heavy atom. The Labute approximate surface area is 88.7 Å². The van der Waals surface area contributed by atoms with Crippen LogP contribution in [0, 0.1) is 0 Å². The molecule has 94 valence electrons. The van der Waals surface area contributed by atoms with Crippen LogP contribution in [0.3, 0.4) is 0 Å². The Hall–Kier alpha value is -0.280. The van der Waals surface area contributed by atoms with Crippen LogP contribution in [0.15, 0.2) is 0 Å². The molecule has 0 heterocycles. The summed E-state index contributed by atoms with van der Waals surface area (Å²) in [5.41, 5.74) is 4.78. The average molecular weight is 227 g/mol. The molecule has 0 saturated heterocycles. The summed E-state index contributed by atoms with van der Waals surface area (Å²) < 4.78 is 4.72. The van der Waals surface area contributed by atoms with Crippen LogP contribution in [0.5, 0.6) is 0 Å². The predicted octanol–water partition coefficient (Wildman–Crippen LogP) is -3.35. The van der Waals surface area contributed by atoms with Gasteiger partial charge in [-0.2, -0.15) is 0 Å². The summed E-state index contributed by atoms with van der Waals surface area (Å²) in [5, 5.41) is 41.8. The van der Waals surface area contributed by atoms with Gasteiger partial charge >= 0.3 is 0 Å². The minimum absolute atomic E-state index is 0.0342. The number of nitrogens with two attached hydrogens (primary N) is 1. The number of aliphatic hydroxyl groups excluding tert-OH is 5. The fourth-order valence-corrected chi connectivity index (χ4v) is 0.446. The highest BCUT2D eigenvalue weighted by Crippen LogP contribution is 1.87. The number of rotatable bonds is 7. The Morgan fingerprint density at radius 2 is 1.27 bits per heavy atom. The van der Waals surface area contributed by atoms with Gasteiger partial charge in [0, 0.05) is 6.54 Å². The van der Waals surface area contributed by atoms with E-state index in [2.05, 4.69) is 0 Å². The molecule has 0 fully saturated rings. The van der Waals surface area contributed by atoms with Gasteiger partial charge in [0.1, 0.15) is 12.2 Å². The van der Waals surface area contributed by atoms with Gasteiger partial charge in [-0.1, -0.05) is 0 Å². The van der Waals surface area contributed by atoms with Gasteiger partial charge in [-0.3, -0.25) is 0 Å². The standard InChI is InChI=1S/C6H14O5.C2H7NO/c7-1-5(9)3-11-4-6(10)2-8;3-1-2-4/h5-10H,1-4H2;4H,1-3H2. The van der Waals surface area contributed by atoms with Crippen LogP contribution in [0.4, 0.5) is 0 Å². The van der Waals surface area contributed by atoms with Crippen molar-refractivity contribution in [1.82, 2.24) is 0 Å². The van der Waals surface area contributed by atoms with Crippen LogP contribution in [0.2, 0.25) is 0 Å². The highest BCUT2D eigenvalue weighted by atomic mass is 16.5. The van der Waals surface area contributed by atoms with Gasteiger partial charge in [-0.05, 0) is 0 Å². The summed E-state index contributed by atoms with van der Waals surface area (Å²) in [6, 6.07) is 0. The molecule has 15 heavy (non-hydrogen) atoms. The molecule has 0 aromatic carbocycles. The van der Waals surface area contributed by atoms with Crippen LogP contribution in [0.25, 0.3) is 0 Å². The molecule has 0 amide bonds. The van der Waals surface area contributed by atoms with Crippen molar-refractivity contribution in [2.24, 2.45) is 5.73 Å². The summed E-state index contributed by atoms with van der Waals surface area (Å²) in [6.07, 6.45) is -1.83. The Bertz CT molecular complexity index is 103. The summed E-state index contributed by atoms with van der Waals surface area (Å²) >= 11 is 0. The van der Waals surface area contributed by atoms with Crippen molar-refractivity contribution >= 4 is 0 Å². The molecule has 2 atom stereocenters. The van der Waals surface area contributed by atoms with Gasteiger partial charge in [-0.25, -0.2) is 0 Å². The van der Waals surface area contributed by atoms with E-state index in [1.165, 1.54) is 0 Å². The van der Waals surface area contributed by atoms with Crippen molar-refractivity contribution < 1.29 is 30.3 Å². The number of aliphatic hydroxyl groups is 5. The maximum Gasteiger partial charge on any atom is 0.100 e. The van der Waals surface area contributed by atoms with Crippen molar-refractivity contribution in [3.8, 4) is 0 Å². The topological polar surface area (TPSA) is 136 Å². The SMILES string of the molecule is NCCO.OCC(O)COCC(O)CO. The van der Waals surface area contributed by atoms with Crippen molar-refractivity contribution in [3.05, 3.63) is 0 Å². The molecule has 7 N–H and O–H groups in total. The lowest BCUT2D eigenvalue weighted by Crippen LogP contribution is -2.25. The molecule has 0 aliphatic carbocycles. The van der Waals surface area contributed by atoms with Gasteiger partial charge in [0.2, 0.25) is 0 Å². The smallest absolute Gasteiger partial charge is 0.100 e. The first kappa shape index (κ1) is 17.1. The lowest BCUT2D eigenvalue weighted by Gasteiger charge is -2.10. The second kappa shape index (κ2) is 13.7. The summed E-state index contributed by atoms with van der Waals surface area (Å²) in [4.78, 5) is 0. The molecule has 0 rings (SSSR count). The van der Waals surface area contributed by atoms with E-state index in [4.69, 9.17) is 36.0 Å². The van der Waals surface area contributed by atoms with E-state index >= 15 is 0 Å². The van der Waals surface area contributed by atoms with E-state index in [9.17, 15) is 0 Å². The molecule has 0 aromatic rings. The molecule has 0 saturated carbocycles. The van der Waals surface area contributed by atoms with E-state index < -0.39 is 12.2 Å². The zero-order valence-electron chi connectivity index (χ0n) is 8.62. The third-order valence-electron chi connectivity index (χ3n) is 1.17. The molecule has 0 aliphatic heterocycles. The number of hydrogen-bond donors (Lipinski definition) is 6. The zero-order valence-corrected chi connectivity index (χ0v) is 8.62. The first-order chi connectivity index (χ1) is 7.12. The van der Waals surface area contributed by atoms with E-state index in [1.807, 2.05) is 0 Å². The molecule has 2 unspecified atom stereocenters. The second-order valence-electron chi connectivity index (χ2n) is 2.72. The molecule has 0 aliphatic rings. The van der Waals surface area contributed by atoms with Crippen molar-refractivity contribution in [1.29, 1.82) is 0 Å². The quantitative estimate of drug-likeness (QED) is 0.267. The number of ether oxygens (including phenoxy) is 1. The Balaban J connectivity index is 0. The Morgan fingerprint density at radius 3 is 1.47 bits per heavy atom. The molecule has 0 spiro atoms. The lowest BCUT2D eigenvalue weighted by atomic mass is 10.4. The normalized spacial score (nSPS) is 14.0. The first-order valence-electron chi connectivity index (χ1n) is 4.58. The van der Waals surface area contributed by atoms with Crippen LogP contribution in [-0.4, -0.2) is 77.3 Å². The van der Waals surface area contributed by atoms with Gasteiger partial charge in [0.15, 0.2) is 0 Å². The van der Waals surface area contributed by atoms with Crippen LogP contribution in [-0.2, 0) is 4.74 Å². The van der Waals surface area contributed by atoms with Crippen LogP contribution < -0.4 is 5.73 Å². The van der Waals surface area contributed by atoms with E-state index in [0.29, 0.717) is 6.54 Å². The van der Waals surface area contributed by atoms with E-state index in [-0.39, 0.29) is 33.0 Å². The first-order valence-corrected chi connectivity index (χ1v) is 4.58. The predicted molar refractivity (Wildman–Crippen MR) is 53.1 cm³/mol. The molecule has 7 heteroatoms. The third kappa shape index (κ3) is 16.4. The molecule has 0 aromatic heterocycles. The second-order valence-corrected chi connectivity index (χ2v) is 2.72. The molecular formula is C8H21NO6. The van der Waals surface area contributed by atoms with Crippen molar-refractivity contribution in [2.75, 3.05) is 39.6 Å². The fourth-order valence-electron chi connectivity index (χ4n) is 0.446. The third-order valence-corrected chi connectivity index (χ3v) is 1.17. The van der Waals surface area contributed by atoms with Crippen LogP contribution >= 0.6 is 0 Å². The molecular weight excluding hydrogens is 206 g/mol. The maximum atomic E-state index is 8.72. The molecule has 0 bridgehead atoms. The summed E-state index contributed by atoms with van der Waals surface area (Å²) in [7, 11) is 0. The lowest BCUT2D eigenvalue weighted by molar-refractivity contribution is -0.0364. The highest BCUT2D eigenvalue weighted by Gasteiger charge is 2.04. The Kier molecular flexibility index (Phi) is 15.7. The van der Waals surface area contributed by atoms with E-state index in [0.717, 1.165) is 0 Å².